The lowest BCUT2D eigenvalue weighted by Gasteiger charge is -2.34. The van der Waals surface area contributed by atoms with Crippen molar-refractivity contribution in [3.8, 4) is 0 Å². The van der Waals surface area contributed by atoms with Crippen molar-refractivity contribution in [1.29, 1.82) is 0 Å². The molecule has 0 aromatic rings. The van der Waals surface area contributed by atoms with Crippen LogP contribution in [-0.2, 0) is 19.1 Å². The number of fused-ring (bicyclic) bond motifs is 2. The molecule has 1 heterocycles. The van der Waals surface area contributed by atoms with Gasteiger partial charge < -0.3 is 9.47 Å². The molecule has 5 atom stereocenters. The summed E-state index contributed by atoms with van der Waals surface area (Å²) in [6.45, 7) is 2.78. The normalized spacial score (nSPS) is 40.5. The maximum absolute atomic E-state index is 12.4. The Morgan fingerprint density at radius 3 is 2.52 bits per heavy atom. The third kappa shape index (κ3) is 3.14. The summed E-state index contributed by atoms with van der Waals surface area (Å²) < 4.78 is 11.1. The Kier molecular flexibility index (Phi) is 4.32. The number of carbonyl (C=O) groups is 2. The van der Waals surface area contributed by atoms with Gasteiger partial charge in [-0.1, -0.05) is 31.9 Å². The van der Waals surface area contributed by atoms with Crippen LogP contribution in [0.15, 0.2) is 12.2 Å². The topological polar surface area (TPSA) is 52.6 Å². The van der Waals surface area contributed by atoms with Gasteiger partial charge in [-0.2, -0.15) is 0 Å². The largest absolute Gasteiger partial charge is 0.465 e. The van der Waals surface area contributed by atoms with Gasteiger partial charge in [0.15, 0.2) is 0 Å². The van der Waals surface area contributed by atoms with E-state index in [2.05, 4.69) is 13.0 Å². The average Bonchev–Trinajstić information content (AvgIpc) is 2.50. The van der Waals surface area contributed by atoms with Crippen molar-refractivity contribution < 1.29 is 19.1 Å². The van der Waals surface area contributed by atoms with Gasteiger partial charge in [-0.15, -0.1) is 0 Å². The van der Waals surface area contributed by atoms with Crippen LogP contribution in [0.1, 0.15) is 39.0 Å². The van der Waals surface area contributed by atoms with E-state index in [1.807, 2.05) is 6.08 Å². The molecule has 0 aromatic carbocycles. The van der Waals surface area contributed by atoms with Crippen LogP contribution in [0.25, 0.3) is 0 Å². The molecule has 0 N–H and O–H groups in total. The van der Waals surface area contributed by atoms with Crippen LogP contribution in [0.3, 0.4) is 0 Å². The first-order valence-electron chi connectivity index (χ1n) is 8.16. The molecule has 4 heteroatoms. The highest BCUT2D eigenvalue weighted by molar-refractivity contribution is 5.75. The number of esters is 2. The van der Waals surface area contributed by atoms with Gasteiger partial charge in [-0.25, -0.2) is 0 Å². The van der Waals surface area contributed by atoms with Crippen molar-refractivity contribution in [2.75, 3.05) is 13.2 Å². The van der Waals surface area contributed by atoms with Crippen LogP contribution >= 0.6 is 0 Å². The molecular formula is C17H24O4. The van der Waals surface area contributed by atoms with Gasteiger partial charge in [0, 0.05) is 11.8 Å². The van der Waals surface area contributed by atoms with E-state index in [0.717, 1.165) is 32.1 Å². The smallest absolute Gasteiger partial charge is 0.309 e. The molecule has 116 valence electrons. The molecule has 21 heavy (non-hydrogen) atoms. The first-order chi connectivity index (χ1) is 10.1. The molecular weight excluding hydrogens is 268 g/mol. The van der Waals surface area contributed by atoms with E-state index in [1.54, 1.807) is 0 Å². The van der Waals surface area contributed by atoms with Gasteiger partial charge in [-0.3, -0.25) is 9.59 Å². The lowest BCUT2D eigenvalue weighted by atomic mass is 9.78. The van der Waals surface area contributed by atoms with E-state index >= 15 is 0 Å². The Morgan fingerprint density at radius 2 is 1.67 bits per heavy atom. The third-order valence-corrected chi connectivity index (χ3v) is 5.20. The first-order valence-corrected chi connectivity index (χ1v) is 8.16. The number of hydrogen-bond donors (Lipinski definition) is 0. The Balaban J connectivity index is 1.77. The predicted octanol–water partition coefficient (Wildman–Crippen LogP) is 2.72. The Bertz CT molecular complexity index is 442. The minimum absolute atomic E-state index is 0.0298. The van der Waals surface area contributed by atoms with Crippen LogP contribution in [-0.4, -0.2) is 25.2 Å². The van der Waals surface area contributed by atoms with E-state index < -0.39 is 0 Å². The van der Waals surface area contributed by atoms with Crippen molar-refractivity contribution >= 4 is 11.9 Å². The van der Waals surface area contributed by atoms with Crippen molar-refractivity contribution in [1.82, 2.24) is 0 Å². The summed E-state index contributed by atoms with van der Waals surface area (Å²) in [6.07, 6.45) is 8.90. The molecule has 0 unspecified atom stereocenters. The highest BCUT2D eigenvalue weighted by Gasteiger charge is 2.38. The maximum atomic E-state index is 12.4. The van der Waals surface area contributed by atoms with Crippen molar-refractivity contribution in [3.63, 3.8) is 0 Å². The lowest BCUT2D eigenvalue weighted by Crippen LogP contribution is -2.39. The van der Waals surface area contributed by atoms with Crippen molar-refractivity contribution in [2.45, 2.75) is 39.0 Å². The molecule has 2 fully saturated rings. The van der Waals surface area contributed by atoms with Gasteiger partial charge in [0.2, 0.25) is 0 Å². The predicted molar refractivity (Wildman–Crippen MR) is 77.3 cm³/mol. The van der Waals surface area contributed by atoms with Crippen LogP contribution in [0.2, 0.25) is 0 Å². The molecule has 4 nitrogen and oxygen atoms in total. The Hall–Kier alpha value is -1.32. The highest BCUT2D eigenvalue weighted by atomic mass is 16.5. The Labute approximate surface area is 125 Å². The summed E-state index contributed by atoms with van der Waals surface area (Å²) in [5, 5.41) is 0. The van der Waals surface area contributed by atoms with Gasteiger partial charge >= 0.3 is 11.9 Å². The van der Waals surface area contributed by atoms with Gasteiger partial charge in [0.05, 0.1) is 25.0 Å². The van der Waals surface area contributed by atoms with E-state index in [0.29, 0.717) is 19.1 Å². The summed E-state index contributed by atoms with van der Waals surface area (Å²) in [4.78, 5) is 24.7. The number of cyclic esters (lactones) is 2. The highest BCUT2D eigenvalue weighted by Crippen LogP contribution is 2.35. The summed E-state index contributed by atoms with van der Waals surface area (Å²) in [5.41, 5.74) is 0. The fourth-order valence-corrected chi connectivity index (χ4v) is 3.86. The summed E-state index contributed by atoms with van der Waals surface area (Å²) in [6, 6.07) is 0. The van der Waals surface area contributed by atoms with E-state index in [1.165, 1.54) is 0 Å². The minimum Gasteiger partial charge on any atom is -0.465 e. The molecule has 2 aliphatic carbocycles. The molecule has 1 aliphatic heterocycles. The number of rotatable bonds is 0. The first kappa shape index (κ1) is 14.6. The zero-order chi connectivity index (χ0) is 14.8. The number of ether oxygens (including phenoxy) is 2. The average molecular weight is 292 g/mol. The van der Waals surface area contributed by atoms with Crippen LogP contribution < -0.4 is 0 Å². The number of allylic oxidation sites excluding steroid dienone is 1. The van der Waals surface area contributed by atoms with Crippen molar-refractivity contribution in [3.05, 3.63) is 12.2 Å². The van der Waals surface area contributed by atoms with Crippen LogP contribution in [0, 0.1) is 29.6 Å². The maximum Gasteiger partial charge on any atom is 0.309 e. The molecule has 1 saturated carbocycles. The van der Waals surface area contributed by atoms with Gasteiger partial charge in [0.1, 0.15) is 0 Å². The number of carbonyl (C=O) groups excluding carboxylic acids is 2. The molecule has 3 rings (SSSR count). The zero-order valence-corrected chi connectivity index (χ0v) is 12.6. The monoisotopic (exact) mass is 292 g/mol. The molecule has 0 bridgehead atoms. The standard InChI is InChI=1S/C17H24O4/c1-11-6-7-13-10-20-16(18)14-5-3-2-4-12(14)9-21-17(19)15(13)8-11/h6-7,11-15H,2-5,8-10H2,1H3/t11-,12-,13-,14+,15-/m0/s1. The zero-order valence-electron chi connectivity index (χ0n) is 12.6. The van der Waals surface area contributed by atoms with Gasteiger partial charge in [0.25, 0.3) is 0 Å². The van der Waals surface area contributed by atoms with Gasteiger partial charge in [-0.05, 0) is 25.2 Å². The summed E-state index contributed by atoms with van der Waals surface area (Å²) in [7, 11) is 0. The molecule has 0 radical (unpaired) electrons. The fourth-order valence-electron chi connectivity index (χ4n) is 3.86. The van der Waals surface area contributed by atoms with Crippen molar-refractivity contribution in [2.24, 2.45) is 29.6 Å². The van der Waals surface area contributed by atoms with E-state index in [-0.39, 0.29) is 35.6 Å². The summed E-state index contributed by atoms with van der Waals surface area (Å²) in [5.74, 6) is 0.0235. The fraction of sp³-hybridized carbons (Fsp3) is 0.765. The molecule has 0 spiro atoms. The SMILES string of the molecule is C[C@H]1C=C[C@H]2COC(=O)[C@@H]3CCCC[C@H]3COC(=O)[C@H]2C1. The molecule has 0 aromatic heterocycles. The van der Waals surface area contributed by atoms with E-state index in [4.69, 9.17) is 9.47 Å². The van der Waals surface area contributed by atoms with Crippen LogP contribution in [0.4, 0.5) is 0 Å². The van der Waals surface area contributed by atoms with Crippen LogP contribution in [0.5, 0.6) is 0 Å². The second kappa shape index (κ2) is 6.20. The lowest BCUT2D eigenvalue weighted by molar-refractivity contribution is -0.166. The second-order valence-corrected chi connectivity index (χ2v) is 6.78. The minimum atomic E-state index is -0.169. The molecule has 1 saturated heterocycles. The molecule has 3 aliphatic rings. The molecule has 0 amide bonds. The summed E-state index contributed by atoms with van der Waals surface area (Å²) >= 11 is 0. The second-order valence-electron chi connectivity index (χ2n) is 6.78. The number of hydrogen-bond acceptors (Lipinski definition) is 4. The quantitative estimate of drug-likeness (QED) is 0.509. The third-order valence-electron chi connectivity index (χ3n) is 5.20. The Morgan fingerprint density at radius 1 is 0.952 bits per heavy atom. The van der Waals surface area contributed by atoms with E-state index in [9.17, 15) is 9.59 Å².